The average molecular weight is 430 g/mol. The highest BCUT2D eigenvalue weighted by molar-refractivity contribution is 7.14. The predicted molar refractivity (Wildman–Crippen MR) is 127 cm³/mol. The van der Waals surface area contributed by atoms with Crippen molar-refractivity contribution in [1.82, 2.24) is 4.98 Å². The van der Waals surface area contributed by atoms with E-state index >= 15 is 0 Å². The molecule has 0 amide bonds. The van der Waals surface area contributed by atoms with E-state index in [9.17, 15) is 0 Å². The van der Waals surface area contributed by atoms with Crippen LogP contribution in [0.25, 0.3) is 11.3 Å². The largest absolute Gasteiger partial charge is 0.490 e. The van der Waals surface area contributed by atoms with Crippen molar-refractivity contribution in [3.05, 3.63) is 95.4 Å². The summed E-state index contributed by atoms with van der Waals surface area (Å²) in [5, 5.41) is 7.07. The maximum absolute atomic E-state index is 5.96. The molecule has 0 aliphatic carbocycles. The van der Waals surface area contributed by atoms with Crippen LogP contribution in [0.5, 0.6) is 11.5 Å². The molecule has 31 heavy (non-hydrogen) atoms. The Morgan fingerprint density at radius 2 is 1.71 bits per heavy atom. The zero-order valence-electron chi connectivity index (χ0n) is 17.2. The van der Waals surface area contributed by atoms with Crippen LogP contribution in [0.2, 0.25) is 0 Å². The fourth-order valence-corrected chi connectivity index (χ4v) is 3.62. The van der Waals surface area contributed by atoms with E-state index in [1.165, 1.54) is 11.3 Å². The van der Waals surface area contributed by atoms with E-state index in [2.05, 4.69) is 15.5 Å². The number of aromatic nitrogens is 1. The van der Waals surface area contributed by atoms with Crippen molar-refractivity contribution in [3.63, 3.8) is 0 Å². The molecule has 5 nitrogen and oxygen atoms in total. The molecule has 4 aromatic rings. The van der Waals surface area contributed by atoms with Gasteiger partial charge in [0.15, 0.2) is 11.5 Å². The van der Waals surface area contributed by atoms with Crippen molar-refractivity contribution in [2.24, 2.45) is 5.10 Å². The topological polar surface area (TPSA) is 55.7 Å². The molecule has 4 rings (SSSR count). The first-order chi connectivity index (χ1) is 15.3. The van der Waals surface area contributed by atoms with Crippen LogP contribution < -0.4 is 14.9 Å². The second-order valence-electron chi connectivity index (χ2n) is 6.69. The lowest BCUT2D eigenvalue weighted by molar-refractivity contribution is 0.269. The Kier molecular flexibility index (Phi) is 6.92. The first-order valence-electron chi connectivity index (χ1n) is 10.1. The molecule has 0 saturated carbocycles. The first-order valence-corrected chi connectivity index (χ1v) is 10.9. The predicted octanol–water partition coefficient (Wildman–Crippen LogP) is 6.23. The molecule has 0 fully saturated rings. The Bertz CT molecular complexity index is 1130. The molecule has 6 heteroatoms. The smallest absolute Gasteiger partial charge is 0.203 e. The Balaban J connectivity index is 1.40. The van der Waals surface area contributed by atoms with Gasteiger partial charge in [0.1, 0.15) is 6.61 Å². The van der Waals surface area contributed by atoms with E-state index < -0.39 is 0 Å². The van der Waals surface area contributed by atoms with E-state index in [1.807, 2.05) is 91.2 Å². The Labute approximate surface area is 186 Å². The highest BCUT2D eigenvalue weighted by Gasteiger charge is 2.07. The van der Waals surface area contributed by atoms with Crippen molar-refractivity contribution >= 4 is 22.7 Å². The number of thiazole rings is 1. The number of hydrogen-bond donors (Lipinski definition) is 1. The van der Waals surface area contributed by atoms with Crippen molar-refractivity contribution < 1.29 is 9.47 Å². The van der Waals surface area contributed by atoms with Gasteiger partial charge in [-0.05, 0) is 36.2 Å². The highest BCUT2D eigenvalue weighted by atomic mass is 32.1. The van der Waals surface area contributed by atoms with E-state index in [-0.39, 0.29) is 0 Å². The lowest BCUT2D eigenvalue weighted by Crippen LogP contribution is -2.00. The molecular formula is C25H23N3O2S. The first kappa shape index (κ1) is 20.6. The summed E-state index contributed by atoms with van der Waals surface area (Å²) in [6.45, 7) is 3.00. The number of hydrazone groups is 1. The molecule has 0 bridgehead atoms. The summed E-state index contributed by atoms with van der Waals surface area (Å²) >= 11 is 1.52. The lowest BCUT2D eigenvalue weighted by atomic mass is 10.2. The summed E-state index contributed by atoms with van der Waals surface area (Å²) in [6, 6.07) is 25.9. The Hall–Kier alpha value is -3.64. The standard InChI is InChI=1S/C25H23N3O2S/c1-2-29-24-15-20(13-14-23(24)30-17-19-9-5-3-6-10-19)16-26-28-25-27-22(18-31-25)21-11-7-4-8-12-21/h3-16,18H,2,17H2,1H3,(H,27,28)/b26-16+. The number of nitrogens with zero attached hydrogens (tertiary/aromatic N) is 2. The normalized spacial score (nSPS) is 10.9. The minimum absolute atomic E-state index is 0.490. The van der Waals surface area contributed by atoms with Gasteiger partial charge in [-0.15, -0.1) is 11.3 Å². The molecule has 156 valence electrons. The van der Waals surface area contributed by atoms with E-state index in [0.29, 0.717) is 24.7 Å². The molecule has 0 unspecified atom stereocenters. The Morgan fingerprint density at radius 3 is 2.48 bits per heavy atom. The van der Waals surface area contributed by atoms with Crippen LogP contribution >= 0.6 is 11.3 Å². The summed E-state index contributed by atoms with van der Waals surface area (Å²) in [7, 11) is 0. The van der Waals surface area contributed by atoms with E-state index in [0.717, 1.165) is 27.5 Å². The summed E-state index contributed by atoms with van der Waals surface area (Å²) in [5.74, 6) is 1.41. The van der Waals surface area contributed by atoms with Gasteiger partial charge in [0.2, 0.25) is 5.13 Å². The van der Waals surface area contributed by atoms with E-state index in [1.54, 1.807) is 6.21 Å². The van der Waals surface area contributed by atoms with Gasteiger partial charge in [0.05, 0.1) is 18.5 Å². The average Bonchev–Trinajstić information content (AvgIpc) is 3.29. The van der Waals surface area contributed by atoms with Crippen molar-refractivity contribution in [3.8, 4) is 22.8 Å². The molecule has 3 aromatic carbocycles. The number of anilines is 1. The number of benzene rings is 3. The molecular weight excluding hydrogens is 406 g/mol. The van der Waals surface area contributed by atoms with Gasteiger partial charge in [-0.3, -0.25) is 5.43 Å². The fourth-order valence-electron chi connectivity index (χ4n) is 2.96. The van der Waals surface area contributed by atoms with Gasteiger partial charge < -0.3 is 9.47 Å². The SMILES string of the molecule is CCOc1cc(/C=N/Nc2nc(-c3ccccc3)cs2)ccc1OCc1ccccc1. The minimum Gasteiger partial charge on any atom is -0.490 e. The van der Waals surface area contributed by atoms with Crippen LogP contribution in [0.3, 0.4) is 0 Å². The molecule has 0 atom stereocenters. The summed E-state index contributed by atoms with van der Waals surface area (Å²) in [4.78, 5) is 4.57. The summed E-state index contributed by atoms with van der Waals surface area (Å²) < 4.78 is 11.7. The highest BCUT2D eigenvalue weighted by Crippen LogP contribution is 2.29. The number of rotatable bonds is 9. The number of nitrogens with one attached hydrogen (secondary N) is 1. The quantitative estimate of drug-likeness (QED) is 0.253. The lowest BCUT2D eigenvalue weighted by Gasteiger charge is -2.12. The monoisotopic (exact) mass is 429 g/mol. The van der Waals surface area contributed by atoms with Gasteiger partial charge in [-0.1, -0.05) is 60.7 Å². The summed E-state index contributed by atoms with van der Waals surface area (Å²) in [6.07, 6.45) is 1.74. The van der Waals surface area contributed by atoms with Crippen LogP contribution in [0.15, 0.2) is 89.3 Å². The number of ether oxygens (including phenoxy) is 2. The summed E-state index contributed by atoms with van der Waals surface area (Å²) in [5.41, 5.74) is 7.03. The second-order valence-corrected chi connectivity index (χ2v) is 7.55. The van der Waals surface area contributed by atoms with Gasteiger partial charge in [-0.2, -0.15) is 5.10 Å². The van der Waals surface area contributed by atoms with Crippen molar-refractivity contribution in [2.45, 2.75) is 13.5 Å². The van der Waals surface area contributed by atoms with Crippen molar-refractivity contribution in [2.75, 3.05) is 12.0 Å². The molecule has 0 radical (unpaired) electrons. The van der Waals surface area contributed by atoms with Gasteiger partial charge in [-0.25, -0.2) is 4.98 Å². The van der Waals surface area contributed by atoms with Crippen LogP contribution in [0.4, 0.5) is 5.13 Å². The number of hydrogen-bond acceptors (Lipinski definition) is 6. The third kappa shape index (κ3) is 5.71. The van der Waals surface area contributed by atoms with Gasteiger partial charge >= 0.3 is 0 Å². The molecule has 0 aliphatic heterocycles. The fraction of sp³-hybridized carbons (Fsp3) is 0.120. The molecule has 0 saturated heterocycles. The maximum Gasteiger partial charge on any atom is 0.203 e. The molecule has 1 heterocycles. The molecule has 1 aromatic heterocycles. The van der Waals surface area contributed by atoms with Gasteiger partial charge in [0, 0.05) is 10.9 Å². The van der Waals surface area contributed by atoms with Crippen LogP contribution in [0.1, 0.15) is 18.1 Å². The maximum atomic E-state index is 5.96. The van der Waals surface area contributed by atoms with Crippen LogP contribution in [-0.2, 0) is 6.61 Å². The third-order valence-electron chi connectivity index (χ3n) is 4.45. The molecule has 0 spiro atoms. The zero-order chi connectivity index (χ0) is 21.3. The zero-order valence-corrected chi connectivity index (χ0v) is 18.0. The van der Waals surface area contributed by atoms with Crippen LogP contribution in [0, 0.1) is 0 Å². The second kappa shape index (κ2) is 10.4. The van der Waals surface area contributed by atoms with Crippen LogP contribution in [-0.4, -0.2) is 17.8 Å². The minimum atomic E-state index is 0.490. The molecule has 0 aliphatic rings. The van der Waals surface area contributed by atoms with Gasteiger partial charge in [0.25, 0.3) is 0 Å². The molecule has 1 N–H and O–H groups in total. The third-order valence-corrected chi connectivity index (χ3v) is 5.20. The Morgan fingerprint density at radius 1 is 0.935 bits per heavy atom. The van der Waals surface area contributed by atoms with Crippen molar-refractivity contribution in [1.29, 1.82) is 0 Å². The van der Waals surface area contributed by atoms with E-state index in [4.69, 9.17) is 9.47 Å².